The van der Waals surface area contributed by atoms with Crippen molar-refractivity contribution >= 4 is 11.9 Å². The van der Waals surface area contributed by atoms with Crippen LogP contribution >= 0.6 is 0 Å². The molecule has 0 aromatic heterocycles. The fraction of sp³-hybridized carbons (Fsp3) is 0.833. The van der Waals surface area contributed by atoms with Crippen LogP contribution in [0.4, 0.5) is 0 Å². The van der Waals surface area contributed by atoms with E-state index in [1.54, 1.807) is 11.8 Å². The summed E-state index contributed by atoms with van der Waals surface area (Å²) >= 11 is 0. The van der Waals surface area contributed by atoms with E-state index in [9.17, 15) is 14.7 Å². The van der Waals surface area contributed by atoms with Crippen molar-refractivity contribution in [1.82, 2.24) is 4.90 Å². The van der Waals surface area contributed by atoms with Crippen LogP contribution in [0, 0.1) is 5.92 Å². The number of nitrogens with zero attached hydrogens (tertiary/aromatic N) is 1. The summed E-state index contributed by atoms with van der Waals surface area (Å²) in [7, 11) is 0. The number of hydrogen-bond donors (Lipinski definition) is 1. The molecule has 1 aliphatic rings. The number of amides is 1. The van der Waals surface area contributed by atoms with Gasteiger partial charge in [-0.2, -0.15) is 0 Å². The quantitative estimate of drug-likeness (QED) is 0.780. The molecular weight excluding hydrogens is 206 g/mol. The predicted octanol–water partition coefficient (Wildman–Crippen LogP) is 1.89. The van der Waals surface area contributed by atoms with E-state index in [1.165, 1.54) is 6.92 Å². The van der Waals surface area contributed by atoms with Crippen molar-refractivity contribution in [3.05, 3.63) is 0 Å². The maximum absolute atomic E-state index is 11.6. The Bertz CT molecular complexity index is 297. The molecule has 0 heterocycles. The van der Waals surface area contributed by atoms with Gasteiger partial charge in [-0.15, -0.1) is 0 Å². The smallest absolute Gasteiger partial charge is 0.329 e. The van der Waals surface area contributed by atoms with Crippen LogP contribution in [0.25, 0.3) is 0 Å². The minimum Gasteiger partial charge on any atom is -0.480 e. The molecule has 0 aromatic carbocycles. The molecule has 1 aliphatic carbocycles. The number of carboxylic acid groups (broad SMARTS) is 1. The third kappa shape index (κ3) is 2.54. The minimum atomic E-state index is -1.05. The van der Waals surface area contributed by atoms with Crippen molar-refractivity contribution in [1.29, 1.82) is 0 Å². The van der Waals surface area contributed by atoms with E-state index in [0.29, 0.717) is 6.42 Å². The molecule has 1 amide bonds. The zero-order chi connectivity index (χ0) is 12.5. The van der Waals surface area contributed by atoms with Crippen LogP contribution in [0.15, 0.2) is 0 Å². The van der Waals surface area contributed by atoms with Crippen molar-refractivity contribution in [2.75, 3.05) is 0 Å². The van der Waals surface area contributed by atoms with Gasteiger partial charge in [-0.25, -0.2) is 4.79 Å². The first-order chi connectivity index (χ1) is 7.29. The van der Waals surface area contributed by atoms with Crippen LogP contribution in [0.2, 0.25) is 0 Å². The number of hydrogen-bond acceptors (Lipinski definition) is 2. The molecule has 0 saturated heterocycles. The number of rotatable bonds is 5. The van der Waals surface area contributed by atoms with Crippen LogP contribution < -0.4 is 0 Å². The maximum Gasteiger partial charge on any atom is 0.329 e. The van der Waals surface area contributed by atoms with Crippen LogP contribution in [0.1, 0.15) is 47.0 Å². The average Bonchev–Trinajstić information content (AvgIpc) is 2.85. The van der Waals surface area contributed by atoms with E-state index in [2.05, 4.69) is 0 Å². The van der Waals surface area contributed by atoms with E-state index < -0.39 is 11.5 Å². The largest absolute Gasteiger partial charge is 0.480 e. The van der Waals surface area contributed by atoms with Crippen molar-refractivity contribution in [3.8, 4) is 0 Å². The third-order valence-corrected chi connectivity index (χ3v) is 3.05. The fourth-order valence-corrected chi connectivity index (χ4v) is 2.42. The molecule has 1 rings (SSSR count). The molecule has 1 saturated carbocycles. The summed E-state index contributed by atoms with van der Waals surface area (Å²) in [5, 5.41) is 9.38. The monoisotopic (exact) mass is 227 g/mol. The van der Waals surface area contributed by atoms with Gasteiger partial charge in [0.25, 0.3) is 0 Å². The molecule has 4 nitrogen and oxygen atoms in total. The lowest BCUT2D eigenvalue weighted by Gasteiger charge is -2.38. The van der Waals surface area contributed by atoms with Gasteiger partial charge in [-0.1, -0.05) is 13.8 Å². The molecular formula is C12H21NO3. The van der Waals surface area contributed by atoms with Crippen LogP contribution in [0.3, 0.4) is 0 Å². The van der Waals surface area contributed by atoms with Crippen LogP contribution in [0.5, 0.6) is 0 Å². The van der Waals surface area contributed by atoms with E-state index in [4.69, 9.17) is 0 Å². The van der Waals surface area contributed by atoms with Gasteiger partial charge in [-0.05, 0) is 32.1 Å². The second-order valence-corrected chi connectivity index (χ2v) is 5.30. The summed E-state index contributed by atoms with van der Waals surface area (Å²) in [5.74, 6) is -0.780. The minimum absolute atomic E-state index is 0.131. The number of carbonyl (C=O) groups excluding carboxylic acids is 1. The lowest BCUT2D eigenvalue weighted by molar-refractivity contribution is -0.159. The van der Waals surface area contributed by atoms with Gasteiger partial charge < -0.3 is 10.0 Å². The van der Waals surface area contributed by atoms with Crippen LogP contribution in [-0.2, 0) is 9.59 Å². The van der Waals surface area contributed by atoms with Crippen molar-refractivity contribution in [2.45, 2.75) is 58.5 Å². The zero-order valence-corrected chi connectivity index (χ0v) is 10.5. The van der Waals surface area contributed by atoms with E-state index >= 15 is 0 Å². The van der Waals surface area contributed by atoms with Gasteiger partial charge in [0.05, 0.1) is 0 Å². The summed E-state index contributed by atoms with van der Waals surface area (Å²) in [6.07, 6.45) is 2.36. The van der Waals surface area contributed by atoms with Gasteiger partial charge >= 0.3 is 5.97 Å². The van der Waals surface area contributed by atoms with E-state index in [0.717, 1.165) is 12.8 Å². The highest BCUT2D eigenvalue weighted by atomic mass is 16.4. The lowest BCUT2D eigenvalue weighted by Crippen LogP contribution is -2.56. The highest BCUT2D eigenvalue weighted by Gasteiger charge is 2.47. The summed E-state index contributed by atoms with van der Waals surface area (Å²) in [4.78, 5) is 24.6. The normalized spacial score (nSPS) is 19.3. The molecule has 0 aromatic rings. The Balaban J connectivity index is 2.97. The Labute approximate surface area is 96.6 Å². The van der Waals surface area contributed by atoms with Gasteiger partial charge in [0.1, 0.15) is 5.54 Å². The second kappa shape index (κ2) is 4.44. The first-order valence-electron chi connectivity index (χ1n) is 5.82. The molecule has 0 bridgehead atoms. The van der Waals surface area contributed by atoms with Gasteiger partial charge in [-0.3, -0.25) is 4.79 Å². The Morgan fingerprint density at radius 1 is 1.44 bits per heavy atom. The highest BCUT2D eigenvalue weighted by Crippen LogP contribution is 2.36. The van der Waals surface area contributed by atoms with Gasteiger partial charge in [0, 0.05) is 13.0 Å². The van der Waals surface area contributed by atoms with Crippen molar-refractivity contribution in [2.24, 2.45) is 5.92 Å². The third-order valence-electron chi connectivity index (χ3n) is 3.05. The standard InChI is InChI=1S/C12H21NO3/c1-8(2)7-12(4,11(15)16)13(9(3)14)10-5-6-10/h8,10H,5-7H2,1-4H3,(H,15,16). The summed E-state index contributed by atoms with van der Waals surface area (Å²) in [6, 6.07) is 0.136. The van der Waals surface area contributed by atoms with E-state index in [-0.39, 0.29) is 17.9 Å². The molecule has 0 aliphatic heterocycles. The molecule has 4 heteroatoms. The van der Waals surface area contributed by atoms with Gasteiger partial charge in [0.15, 0.2) is 0 Å². The highest BCUT2D eigenvalue weighted by molar-refractivity contribution is 5.86. The summed E-state index contributed by atoms with van der Waals surface area (Å²) in [5.41, 5.74) is -1.05. The predicted molar refractivity (Wildman–Crippen MR) is 61.0 cm³/mol. The summed E-state index contributed by atoms with van der Waals surface area (Å²) < 4.78 is 0. The molecule has 1 fully saturated rings. The Kier molecular flexibility index (Phi) is 3.61. The Morgan fingerprint density at radius 2 is 1.94 bits per heavy atom. The van der Waals surface area contributed by atoms with E-state index in [1.807, 2.05) is 13.8 Å². The number of aliphatic carboxylic acids is 1. The first kappa shape index (κ1) is 13.0. The Hall–Kier alpha value is -1.06. The van der Waals surface area contributed by atoms with Crippen molar-refractivity contribution in [3.63, 3.8) is 0 Å². The molecule has 1 N–H and O–H groups in total. The van der Waals surface area contributed by atoms with Gasteiger partial charge in [0.2, 0.25) is 5.91 Å². The first-order valence-corrected chi connectivity index (χ1v) is 5.82. The fourth-order valence-electron chi connectivity index (χ4n) is 2.42. The van der Waals surface area contributed by atoms with Crippen molar-refractivity contribution < 1.29 is 14.7 Å². The maximum atomic E-state index is 11.6. The lowest BCUT2D eigenvalue weighted by atomic mass is 9.88. The zero-order valence-electron chi connectivity index (χ0n) is 10.5. The number of carbonyl (C=O) groups is 2. The second-order valence-electron chi connectivity index (χ2n) is 5.30. The topological polar surface area (TPSA) is 57.6 Å². The SMILES string of the molecule is CC(=O)N(C1CC1)C(C)(CC(C)C)C(=O)O. The Morgan fingerprint density at radius 3 is 2.19 bits per heavy atom. The summed E-state index contributed by atoms with van der Waals surface area (Å²) in [6.45, 7) is 7.08. The molecule has 16 heavy (non-hydrogen) atoms. The average molecular weight is 227 g/mol. The molecule has 1 atom stereocenters. The number of carboxylic acids is 1. The molecule has 92 valence electrons. The van der Waals surface area contributed by atoms with Crippen LogP contribution in [-0.4, -0.2) is 33.5 Å². The molecule has 1 unspecified atom stereocenters. The molecule has 0 spiro atoms. The molecule has 0 radical (unpaired) electrons.